The average Bonchev–Trinajstić information content (AvgIpc) is 3.28. The lowest BCUT2D eigenvalue weighted by molar-refractivity contribution is -0.675. The number of aromatic amines is 1. The summed E-state index contributed by atoms with van der Waals surface area (Å²) in [5, 5.41) is 3.44. The highest BCUT2D eigenvalue weighted by Crippen LogP contribution is 2.31. The molecule has 170 valence electrons. The molecule has 5 heteroatoms. The van der Waals surface area contributed by atoms with E-state index < -0.39 is 0 Å². The van der Waals surface area contributed by atoms with Gasteiger partial charge in [-0.05, 0) is 49.1 Å². The van der Waals surface area contributed by atoms with Gasteiger partial charge in [0, 0.05) is 30.2 Å². The van der Waals surface area contributed by atoms with E-state index in [1.165, 1.54) is 35.8 Å². The summed E-state index contributed by atoms with van der Waals surface area (Å²) in [6, 6.07) is 17.0. The van der Waals surface area contributed by atoms with Crippen LogP contribution in [0.2, 0.25) is 0 Å². The molecule has 1 amide bonds. The fraction of sp³-hybridized carbons (Fsp3) is 0.444. The number of methoxy groups -OCH3 is 1. The minimum absolute atomic E-state index is 0.104. The first-order valence-corrected chi connectivity index (χ1v) is 11.9. The Morgan fingerprint density at radius 2 is 1.84 bits per heavy atom. The summed E-state index contributed by atoms with van der Waals surface area (Å²) < 4.78 is 5.36. The third-order valence-corrected chi connectivity index (χ3v) is 7.10. The van der Waals surface area contributed by atoms with E-state index in [0.717, 1.165) is 30.7 Å². The van der Waals surface area contributed by atoms with Gasteiger partial charge in [0.25, 0.3) is 5.91 Å². The van der Waals surface area contributed by atoms with Gasteiger partial charge in [0.15, 0.2) is 6.04 Å². The van der Waals surface area contributed by atoms with Gasteiger partial charge in [-0.25, -0.2) is 0 Å². The Hall–Kier alpha value is -2.79. The summed E-state index contributed by atoms with van der Waals surface area (Å²) >= 11 is 0. The molecule has 1 aliphatic rings. The molecule has 1 aliphatic carbocycles. The Morgan fingerprint density at radius 1 is 1.12 bits per heavy atom. The molecule has 0 radical (unpaired) electrons. The number of ether oxygens (including phenoxy) is 1. The van der Waals surface area contributed by atoms with Crippen LogP contribution in [0, 0.1) is 0 Å². The first kappa shape index (κ1) is 22.4. The monoisotopic (exact) mass is 434 g/mol. The molecule has 5 nitrogen and oxygen atoms in total. The Morgan fingerprint density at radius 3 is 2.56 bits per heavy atom. The van der Waals surface area contributed by atoms with E-state index >= 15 is 0 Å². The maximum absolute atomic E-state index is 13.1. The third-order valence-electron chi connectivity index (χ3n) is 7.10. The van der Waals surface area contributed by atoms with Crippen LogP contribution < -0.4 is 10.1 Å². The number of aromatic nitrogens is 1. The number of benzene rings is 2. The molecule has 0 saturated heterocycles. The smallest absolute Gasteiger partial charge is 0.280 e. The molecule has 2 atom stereocenters. The number of quaternary nitrogens is 1. The number of carbonyl (C=O) groups excluding carboxylic acids is 1. The Kier molecular flexibility index (Phi) is 7.15. The predicted molar refractivity (Wildman–Crippen MR) is 129 cm³/mol. The molecule has 0 aliphatic heterocycles. The molecule has 0 unspecified atom stereocenters. The van der Waals surface area contributed by atoms with Gasteiger partial charge in [0.05, 0.1) is 19.6 Å². The van der Waals surface area contributed by atoms with Crippen molar-refractivity contribution < 1.29 is 14.8 Å². The maximum Gasteiger partial charge on any atom is 0.280 e. The molecule has 0 bridgehead atoms. The number of nitrogens with one attached hydrogen (secondary N) is 1. The van der Waals surface area contributed by atoms with Crippen molar-refractivity contribution in [1.82, 2.24) is 9.88 Å². The SMILES string of the molecule is COc1ccc([C@@H](C[NH2+][C@H](C)C(=O)N(C)C2CCCCC2)c2c[nH]c3ccccc23)cc1. The minimum atomic E-state index is -0.104. The van der Waals surface area contributed by atoms with Crippen molar-refractivity contribution in [3.05, 3.63) is 65.9 Å². The zero-order valence-electron chi connectivity index (χ0n) is 19.5. The van der Waals surface area contributed by atoms with Gasteiger partial charge in [0.1, 0.15) is 5.75 Å². The molecule has 1 heterocycles. The average molecular weight is 435 g/mol. The van der Waals surface area contributed by atoms with E-state index in [0.29, 0.717) is 6.04 Å². The van der Waals surface area contributed by atoms with Crippen LogP contribution >= 0.6 is 0 Å². The van der Waals surface area contributed by atoms with Crippen molar-refractivity contribution >= 4 is 16.8 Å². The van der Waals surface area contributed by atoms with E-state index in [1.54, 1.807) is 7.11 Å². The normalized spacial score (nSPS) is 16.6. The molecule has 3 N–H and O–H groups in total. The van der Waals surface area contributed by atoms with Crippen LogP contribution in [-0.2, 0) is 4.79 Å². The van der Waals surface area contributed by atoms with Gasteiger partial charge < -0.3 is 19.9 Å². The number of likely N-dealkylation sites (N-methyl/N-ethyl adjacent to an activating group) is 1. The number of amides is 1. The van der Waals surface area contributed by atoms with Crippen LogP contribution in [0.15, 0.2) is 54.7 Å². The Labute approximate surface area is 191 Å². The molecule has 1 fully saturated rings. The van der Waals surface area contributed by atoms with Crippen molar-refractivity contribution in [2.75, 3.05) is 20.7 Å². The summed E-state index contributed by atoms with van der Waals surface area (Å²) in [6.07, 6.45) is 8.17. The topological polar surface area (TPSA) is 61.9 Å². The molecule has 4 rings (SSSR count). The number of hydrogen-bond donors (Lipinski definition) is 2. The second-order valence-electron chi connectivity index (χ2n) is 9.12. The van der Waals surface area contributed by atoms with Gasteiger partial charge in [0.2, 0.25) is 0 Å². The van der Waals surface area contributed by atoms with Crippen molar-refractivity contribution in [3.63, 3.8) is 0 Å². The van der Waals surface area contributed by atoms with Crippen molar-refractivity contribution in [3.8, 4) is 5.75 Å². The zero-order valence-corrected chi connectivity index (χ0v) is 19.5. The fourth-order valence-electron chi connectivity index (χ4n) is 5.07. The number of carbonyl (C=O) groups is 1. The van der Waals surface area contributed by atoms with E-state index in [4.69, 9.17) is 4.74 Å². The molecule has 0 spiro atoms. The largest absolute Gasteiger partial charge is 0.497 e. The minimum Gasteiger partial charge on any atom is -0.497 e. The number of nitrogens with two attached hydrogens (primary N) is 1. The lowest BCUT2D eigenvalue weighted by Gasteiger charge is -2.32. The van der Waals surface area contributed by atoms with Crippen LogP contribution in [-0.4, -0.2) is 48.6 Å². The third kappa shape index (κ3) is 4.83. The molecular formula is C27H36N3O2+. The second-order valence-corrected chi connectivity index (χ2v) is 9.12. The van der Waals surface area contributed by atoms with E-state index in [-0.39, 0.29) is 17.9 Å². The zero-order chi connectivity index (χ0) is 22.5. The highest BCUT2D eigenvalue weighted by molar-refractivity contribution is 5.84. The standard InChI is InChI=1S/C27H35N3O2/c1-19(27(31)30(2)21-9-5-4-6-10-21)28-17-24(20-13-15-22(32-3)16-14-20)25-18-29-26-12-8-7-11-23(25)26/h7-8,11-16,18-19,21,24,28-29H,4-6,9-10,17H2,1-3H3/p+1/t19-,24-/m1/s1. The van der Waals surface area contributed by atoms with Crippen LogP contribution in [0.4, 0.5) is 0 Å². The summed E-state index contributed by atoms with van der Waals surface area (Å²) in [5.74, 6) is 1.27. The lowest BCUT2D eigenvalue weighted by atomic mass is 9.90. The maximum atomic E-state index is 13.1. The van der Waals surface area contributed by atoms with Gasteiger partial charge in [-0.15, -0.1) is 0 Å². The Bertz CT molecular complexity index is 1020. The number of hydrogen-bond acceptors (Lipinski definition) is 2. The number of nitrogens with zero attached hydrogens (tertiary/aromatic N) is 1. The van der Waals surface area contributed by atoms with Gasteiger partial charge >= 0.3 is 0 Å². The quantitative estimate of drug-likeness (QED) is 0.562. The highest BCUT2D eigenvalue weighted by atomic mass is 16.5. The first-order chi connectivity index (χ1) is 15.6. The van der Waals surface area contributed by atoms with Crippen molar-refractivity contribution in [1.29, 1.82) is 0 Å². The van der Waals surface area contributed by atoms with Crippen LogP contribution in [0.3, 0.4) is 0 Å². The fourth-order valence-corrected chi connectivity index (χ4v) is 5.07. The highest BCUT2D eigenvalue weighted by Gasteiger charge is 2.29. The van der Waals surface area contributed by atoms with E-state index in [9.17, 15) is 4.79 Å². The summed E-state index contributed by atoms with van der Waals surface area (Å²) in [4.78, 5) is 18.6. The number of fused-ring (bicyclic) bond motifs is 1. The molecule has 32 heavy (non-hydrogen) atoms. The number of para-hydroxylation sites is 1. The van der Waals surface area contributed by atoms with E-state index in [2.05, 4.69) is 52.9 Å². The van der Waals surface area contributed by atoms with Gasteiger partial charge in [-0.1, -0.05) is 49.6 Å². The molecule has 1 aromatic heterocycles. The summed E-state index contributed by atoms with van der Waals surface area (Å²) in [6.45, 7) is 2.85. The van der Waals surface area contributed by atoms with Crippen LogP contribution in [0.1, 0.15) is 56.1 Å². The van der Waals surface area contributed by atoms with E-state index in [1.807, 2.05) is 31.0 Å². The molecular weight excluding hydrogens is 398 g/mol. The van der Waals surface area contributed by atoms with Crippen LogP contribution in [0.5, 0.6) is 5.75 Å². The number of H-pyrrole nitrogens is 1. The van der Waals surface area contributed by atoms with Gasteiger partial charge in [-0.3, -0.25) is 4.79 Å². The van der Waals surface area contributed by atoms with Crippen molar-refractivity contribution in [2.45, 2.75) is 57.0 Å². The summed E-state index contributed by atoms with van der Waals surface area (Å²) in [7, 11) is 3.68. The molecule has 1 saturated carbocycles. The van der Waals surface area contributed by atoms with Gasteiger partial charge in [-0.2, -0.15) is 0 Å². The predicted octanol–water partition coefficient (Wildman–Crippen LogP) is 4.05. The first-order valence-electron chi connectivity index (χ1n) is 11.9. The lowest BCUT2D eigenvalue weighted by Crippen LogP contribution is -2.92. The number of rotatable bonds is 8. The Balaban J connectivity index is 1.53. The molecule has 3 aromatic rings. The van der Waals surface area contributed by atoms with Crippen LogP contribution in [0.25, 0.3) is 10.9 Å². The van der Waals surface area contributed by atoms with Crippen molar-refractivity contribution in [2.24, 2.45) is 0 Å². The molecule has 2 aromatic carbocycles. The summed E-state index contributed by atoms with van der Waals surface area (Å²) in [5.41, 5.74) is 3.64. The second kappa shape index (κ2) is 10.2.